The van der Waals surface area contributed by atoms with Gasteiger partial charge in [0.05, 0.1) is 12.2 Å². The molecule has 0 bridgehead atoms. The molecule has 0 aliphatic rings. The maximum Gasteiger partial charge on any atom is 0.240 e. The van der Waals surface area contributed by atoms with Crippen LogP contribution in [-0.4, -0.2) is 12.2 Å². The number of isocyanates is 2. The summed E-state index contributed by atoms with van der Waals surface area (Å²) in [5.41, 5.74) is 2.92. The molecule has 0 unspecified atom stereocenters. The van der Waals surface area contributed by atoms with Crippen LogP contribution in [0.4, 0.5) is 5.69 Å². The number of carbonyl (C=O) groups excluding carboxylic acids is 2. The van der Waals surface area contributed by atoms with Crippen LogP contribution >= 0.6 is 0 Å². The minimum Gasteiger partial charge on any atom is -0.211 e. The standard InChI is InChI=1S/C15H10N2O2/c18-10-16-9-13-7-4-8-14(15(13)17-11-19)12-5-2-1-3-6-12/h1-8H,9H2. The van der Waals surface area contributed by atoms with E-state index in [1.807, 2.05) is 42.5 Å². The van der Waals surface area contributed by atoms with Crippen molar-refractivity contribution in [3.63, 3.8) is 0 Å². The summed E-state index contributed by atoms with van der Waals surface area (Å²) in [6.07, 6.45) is 3.03. The molecule has 0 saturated heterocycles. The molecule has 0 saturated carbocycles. The van der Waals surface area contributed by atoms with Gasteiger partial charge in [-0.15, -0.1) is 0 Å². The Morgan fingerprint density at radius 2 is 1.68 bits per heavy atom. The molecule has 19 heavy (non-hydrogen) atoms. The fraction of sp³-hybridized carbons (Fsp3) is 0.0667. The molecule has 0 spiro atoms. The summed E-state index contributed by atoms with van der Waals surface area (Å²) in [4.78, 5) is 28.1. The third kappa shape index (κ3) is 2.90. The quantitative estimate of drug-likeness (QED) is 0.618. The van der Waals surface area contributed by atoms with E-state index in [-0.39, 0.29) is 6.54 Å². The fourth-order valence-electron chi connectivity index (χ4n) is 1.86. The van der Waals surface area contributed by atoms with E-state index >= 15 is 0 Å². The van der Waals surface area contributed by atoms with Crippen molar-refractivity contribution in [1.82, 2.24) is 0 Å². The molecular formula is C15H10N2O2. The molecule has 0 amide bonds. The van der Waals surface area contributed by atoms with Crippen LogP contribution in [0.15, 0.2) is 58.5 Å². The highest BCUT2D eigenvalue weighted by Crippen LogP contribution is 2.33. The van der Waals surface area contributed by atoms with Crippen molar-refractivity contribution in [3.8, 4) is 11.1 Å². The Kier molecular flexibility index (Phi) is 4.14. The van der Waals surface area contributed by atoms with E-state index in [0.717, 1.165) is 11.1 Å². The Morgan fingerprint density at radius 3 is 2.37 bits per heavy atom. The molecule has 2 rings (SSSR count). The van der Waals surface area contributed by atoms with Crippen LogP contribution in [0.3, 0.4) is 0 Å². The Bertz CT molecular complexity index is 668. The van der Waals surface area contributed by atoms with Crippen LogP contribution in [0.25, 0.3) is 11.1 Å². The van der Waals surface area contributed by atoms with Gasteiger partial charge in [0.25, 0.3) is 0 Å². The Morgan fingerprint density at radius 1 is 0.895 bits per heavy atom. The summed E-state index contributed by atoms with van der Waals surface area (Å²) in [7, 11) is 0. The second-order valence-corrected chi connectivity index (χ2v) is 3.79. The molecule has 0 aromatic heterocycles. The lowest BCUT2D eigenvalue weighted by Gasteiger charge is -2.08. The van der Waals surface area contributed by atoms with E-state index in [9.17, 15) is 9.59 Å². The summed E-state index contributed by atoms with van der Waals surface area (Å²) in [5.74, 6) is 0. The SMILES string of the molecule is O=C=NCc1cccc(-c2ccccc2)c1N=C=O. The monoisotopic (exact) mass is 250 g/mol. The molecular weight excluding hydrogens is 240 g/mol. The van der Waals surface area contributed by atoms with Gasteiger partial charge in [-0.05, 0) is 5.56 Å². The minimum absolute atomic E-state index is 0.144. The molecule has 0 heterocycles. The molecule has 0 aliphatic carbocycles. The van der Waals surface area contributed by atoms with Crippen molar-refractivity contribution in [3.05, 3.63) is 54.1 Å². The van der Waals surface area contributed by atoms with Gasteiger partial charge >= 0.3 is 0 Å². The van der Waals surface area contributed by atoms with Gasteiger partial charge in [-0.2, -0.15) is 4.99 Å². The van der Waals surface area contributed by atoms with Gasteiger partial charge in [-0.25, -0.2) is 14.6 Å². The molecule has 0 fully saturated rings. The van der Waals surface area contributed by atoms with E-state index in [1.165, 1.54) is 6.08 Å². The summed E-state index contributed by atoms with van der Waals surface area (Å²) >= 11 is 0. The molecule has 0 atom stereocenters. The van der Waals surface area contributed by atoms with E-state index in [0.29, 0.717) is 11.3 Å². The third-order valence-electron chi connectivity index (χ3n) is 2.68. The van der Waals surface area contributed by atoms with E-state index < -0.39 is 0 Å². The topological polar surface area (TPSA) is 58.9 Å². The van der Waals surface area contributed by atoms with Crippen LogP contribution in [-0.2, 0) is 16.1 Å². The zero-order chi connectivity index (χ0) is 13.5. The summed E-state index contributed by atoms with van der Waals surface area (Å²) < 4.78 is 0. The van der Waals surface area contributed by atoms with Crippen molar-refractivity contribution in [1.29, 1.82) is 0 Å². The van der Waals surface area contributed by atoms with Crippen LogP contribution < -0.4 is 0 Å². The average Bonchev–Trinajstić information content (AvgIpc) is 2.47. The molecule has 92 valence electrons. The summed E-state index contributed by atoms with van der Waals surface area (Å²) in [5, 5.41) is 0. The van der Waals surface area contributed by atoms with Gasteiger partial charge in [0.1, 0.15) is 0 Å². The van der Waals surface area contributed by atoms with Crippen molar-refractivity contribution in [2.75, 3.05) is 0 Å². The van der Waals surface area contributed by atoms with Crippen molar-refractivity contribution in [2.24, 2.45) is 9.98 Å². The first-order chi connectivity index (χ1) is 9.36. The normalized spacial score (nSPS) is 9.26. The lowest BCUT2D eigenvalue weighted by atomic mass is 10.0. The molecule has 4 nitrogen and oxygen atoms in total. The van der Waals surface area contributed by atoms with Crippen LogP contribution in [0.5, 0.6) is 0 Å². The van der Waals surface area contributed by atoms with E-state index in [4.69, 9.17) is 0 Å². The average molecular weight is 250 g/mol. The third-order valence-corrected chi connectivity index (χ3v) is 2.68. The van der Waals surface area contributed by atoms with Gasteiger partial charge < -0.3 is 0 Å². The first-order valence-corrected chi connectivity index (χ1v) is 5.65. The number of para-hydroxylation sites is 1. The van der Waals surface area contributed by atoms with Crippen molar-refractivity contribution >= 4 is 17.8 Å². The van der Waals surface area contributed by atoms with Crippen LogP contribution in [0.2, 0.25) is 0 Å². The molecule has 4 heteroatoms. The molecule has 2 aromatic carbocycles. The zero-order valence-corrected chi connectivity index (χ0v) is 10.0. The smallest absolute Gasteiger partial charge is 0.211 e. The van der Waals surface area contributed by atoms with Gasteiger partial charge in [0, 0.05) is 11.1 Å². The Hall–Kier alpha value is -2.80. The largest absolute Gasteiger partial charge is 0.240 e. The number of nitrogens with zero attached hydrogens (tertiary/aromatic N) is 2. The minimum atomic E-state index is 0.144. The number of hydrogen-bond acceptors (Lipinski definition) is 4. The van der Waals surface area contributed by atoms with Gasteiger partial charge in [0.2, 0.25) is 12.2 Å². The first-order valence-electron chi connectivity index (χ1n) is 5.65. The van der Waals surface area contributed by atoms with Crippen molar-refractivity contribution in [2.45, 2.75) is 6.54 Å². The highest BCUT2D eigenvalue weighted by Gasteiger charge is 2.09. The van der Waals surface area contributed by atoms with Gasteiger partial charge in [-0.3, -0.25) is 0 Å². The number of hydrogen-bond donors (Lipinski definition) is 0. The van der Waals surface area contributed by atoms with E-state index in [2.05, 4.69) is 9.98 Å². The maximum atomic E-state index is 10.6. The highest BCUT2D eigenvalue weighted by molar-refractivity contribution is 5.79. The van der Waals surface area contributed by atoms with Gasteiger partial charge in [-0.1, -0.05) is 48.5 Å². The van der Waals surface area contributed by atoms with Crippen molar-refractivity contribution < 1.29 is 9.59 Å². The molecule has 0 radical (unpaired) electrons. The predicted molar refractivity (Wildman–Crippen MR) is 71.5 cm³/mol. The molecule has 0 aliphatic heterocycles. The summed E-state index contributed by atoms with van der Waals surface area (Å²) in [6.45, 7) is 0.144. The lowest BCUT2D eigenvalue weighted by molar-refractivity contribution is 0.563. The number of aliphatic imine (C=N–C) groups is 2. The Balaban J connectivity index is 2.60. The summed E-state index contributed by atoms with van der Waals surface area (Å²) in [6, 6.07) is 15.0. The molecule has 0 N–H and O–H groups in total. The fourth-order valence-corrected chi connectivity index (χ4v) is 1.86. The van der Waals surface area contributed by atoms with Crippen LogP contribution in [0, 0.1) is 0 Å². The highest BCUT2D eigenvalue weighted by atomic mass is 16.1. The maximum absolute atomic E-state index is 10.6. The Labute approximate surface area is 110 Å². The van der Waals surface area contributed by atoms with E-state index in [1.54, 1.807) is 12.1 Å². The first kappa shape index (κ1) is 12.7. The van der Waals surface area contributed by atoms with Crippen LogP contribution in [0.1, 0.15) is 5.56 Å². The molecule has 2 aromatic rings. The predicted octanol–water partition coefficient (Wildman–Crippen LogP) is 3.16. The zero-order valence-electron chi connectivity index (χ0n) is 10.0. The number of benzene rings is 2. The lowest BCUT2D eigenvalue weighted by Crippen LogP contribution is -1.87. The second kappa shape index (κ2) is 6.22. The second-order valence-electron chi connectivity index (χ2n) is 3.79. The number of rotatable bonds is 4. The van der Waals surface area contributed by atoms with Gasteiger partial charge in [0.15, 0.2) is 0 Å².